The maximum Gasteiger partial charge on any atom is 0.231 e. The molecule has 6 heteroatoms. The van der Waals surface area contributed by atoms with Crippen LogP contribution in [0.15, 0.2) is 0 Å². The fourth-order valence-electron chi connectivity index (χ4n) is 1.34. The molecular weight excluding hydrogens is 226 g/mol. The molecular formula is C8H16ClNO3S. The highest BCUT2D eigenvalue weighted by atomic mass is 35.5. The van der Waals surface area contributed by atoms with Crippen LogP contribution in [-0.2, 0) is 14.8 Å². The van der Waals surface area contributed by atoms with Crippen LogP contribution in [0, 0.1) is 0 Å². The first-order valence-corrected chi connectivity index (χ1v) is 6.73. The molecule has 0 aromatic carbocycles. The molecule has 1 unspecified atom stereocenters. The molecule has 0 saturated carbocycles. The van der Waals surface area contributed by atoms with Crippen molar-refractivity contribution in [3.05, 3.63) is 0 Å². The molecule has 1 aliphatic rings. The average Bonchev–Trinajstić information content (AvgIpc) is 2.19. The first kappa shape index (κ1) is 12.2. The molecule has 0 aromatic heterocycles. The summed E-state index contributed by atoms with van der Waals surface area (Å²) in [5, 5.41) is 0. The molecule has 1 atom stereocenters. The average molecular weight is 242 g/mol. The van der Waals surface area contributed by atoms with Crippen molar-refractivity contribution < 1.29 is 13.2 Å². The zero-order valence-corrected chi connectivity index (χ0v) is 9.85. The Morgan fingerprint density at radius 2 is 2.00 bits per heavy atom. The number of halogens is 1. The van der Waals surface area contributed by atoms with E-state index < -0.39 is 14.7 Å². The molecule has 0 radical (unpaired) electrons. The molecule has 14 heavy (non-hydrogen) atoms. The van der Waals surface area contributed by atoms with E-state index >= 15 is 0 Å². The van der Waals surface area contributed by atoms with E-state index in [4.69, 9.17) is 16.3 Å². The van der Waals surface area contributed by atoms with Crippen LogP contribution in [-0.4, -0.2) is 43.7 Å². The van der Waals surface area contributed by atoms with Gasteiger partial charge in [-0.15, -0.1) is 11.6 Å². The van der Waals surface area contributed by atoms with E-state index in [2.05, 4.69) is 0 Å². The second kappa shape index (κ2) is 5.30. The first-order valence-electron chi connectivity index (χ1n) is 4.79. The van der Waals surface area contributed by atoms with Gasteiger partial charge >= 0.3 is 0 Å². The van der Waals surface area contributed by atoms with E-state index in [0.717, 1.165) is 6.42 Å². The van der Waals surface area contributed by atoms with E-state index in [1.165, 1.54) is 4.31 Å². The summed E-state index contributed by atoms with van der Waals surface area (Å²) >= 11 is 5.84. The molecule has 0 aliphatic carbocycles. The van der Waals surface area contributed by atoms with Crippen molar-refractivity contribution in [3.8, 4) is 0 Å². The van der Waals surface area contributed by atoms with Crippen molar-refractivity contribution >= 4 is 21.6 Å². The van der Waals surface area contributed by atoms with Crippen LogP contribution in [0.2, 0.25) is 0 Å². The molecule has 1 saturated heterocycles. The molecule has 4 nitrogen and oxygen atoms in total. The van der Waals surface area contributed by atoms with Gasteiger partial charge in [-0.3, -0.25) is 0 Å². The minimum Gasteiger partial charge on any atom is -0.379 e. The number of hydrogen-bond acceptors (Lipinski definition) is 3. The van der Waals surface area contributed by atoms with E-state index in [1.54, 1.807) is 0 Å². The van der Waals surface area contributed by atoms with Crippen LogP contribution >= 0.6 is 11.6 Å². The Bertz CT molecular complexity index is 262. The van der Waals surface area contributed by atoms with Crippen LogP contribution in [0.4, 0.5) is 0 Å². The van der Waals surface area contributed by atoms with Gasteiger partial charge in [0.05, 0.1) is 13.2 Å². The molecule has 1 heterocycles. The third-order valence-corrected chi connectivity index (χ3v) is 5.03. The van der Waals surface area contributed by atoms with Crippen molar-refractivity contribution in [2.24, 2.45) is 0 Å². The summed E-state index contributed by atoms with van der Waals surface area (Å²) in [6, 6.07) is 0. The smallest absolute Gasteiger partial charge is 0.231 e. The molecule has 84 valence electrons. The van der Waals surface area contributed by atoms with Crippen molar-refractivity contribution in [1.82, 2.24) is 4.31 Å². The Morgan fingerprint density at radius 3 is 2.50 bits per heavy atom. The van der Waals surface area contributed by atoms with Gasteiger partial charge in [-0.1, -0.05) is 13.3 Å². The third kappa shape index (κ3) is 2.82. The predicted octanol–water partition coefficient (Wildman–Crippen LogP) is 1.01. The minimum atomic E-state index is -3.31. The van der Waals surface area contributed by atoms with Gasteiger partial charge in [0, 0.05) is 13.1 Å². The van der Waals surface area contributed by atoms with Crippen LogP contribution in [0.5, 0.6) is 0 Å². The minimum absolute atomic E-state index is 0.426. The summed E-state index contributed by atoms with van der Waals surface area (Å²) < 4.78 is 29.3. The molecule has 0 bridgehead atoms. The van der Waals surface area contributed by atoms with Crippen LogP contribution in [0.1, 0.15) is 19.8 Å². The van der Waals surface area contributed by atoms with Gasteiger partial charge in [0.25, 0.3) is 0 Å². The van der Waals surface area contributed by atoms with Gasteiger partial charge < -0.3 is 4.74 Å². The maximum atomic E-state index is 11.8. The van der Waals surface area contributed by atoms with E-state index in [0.29, 0.717) is 32.7 Å². The van der Waals surface area contributed by atoms with Crippen LogP contribution in [0.3, 0.4) is 0 Å². The third-order valence-electron chi connectivity index (χ3n) is 2.17. The van der Waals surface area contributed by atoms with E-state index in [9.17, 15) is 8.42 Å². The molecule has 0 amide bonds. The molecule has 0 N–H and O–H groups in total. The SMILES string of the molecule is CCCC(Cl)S(=O)(=O)N1CCOCC1. The normalized spacial score (nSPS) is 22.1. The monoisotopic (exact) mass is 241 g/mol. The van der Waals surface area contributed by atoms with Gasteiger partial charge in [0.1, 0.15) is 4.71 Å². The molecule has 1 rings (SSSR count). The molecule has 0 aromatic rings. The summed E-state index contributed by atoms with van der Waals surface area (Å²) in [5.41, 5.74) is 0. The highest BCUT2D eigenvalue weighted by Crippen LogP contribution is 2.18. The fraction of sp³-hybridized carbons (Fsp3) is 1.00. The highest BCUT2D eigenvalue weighted by molar-refractivity contribution is 7.91. The molecule has 1 aliphatic heterocycles. The summed E-state index contributed by atoms with van der Waals surface area (Å²) in [5.74, 6) is 0. The summed E-state index contributed by atoms with van der Waals surface area (Å²) in [4.78, 5) is 0. The Labute approximate surface area is 90.2 Å². The van der Waals surface area contributed by atoms with Gasteiger partial charge in [-0.25, -0.2) is 8.42 Å². The lowest BCUT2D eigenvalue weighted by Gasteiger charge is -2.27. The fourth-order valence-corrected chi connectivity index (χ4v) is 3.41. The lowest BCUT2D eigenvalue weighted by molar-refractivity contribution is 0.0729. The Morgan fingerprint density at radius 1 is 1.43 bits per heavy atom. The largest absolute Gasteiger partial charge is 0.379 e. The highest BCUT2D eigenvalue weighted by Gasteiger charge is 2.30. The van der Waals surface area contributed by atoms with Gasteiger partial charge in [-0.2, -0.15) is 4.31 Å². The zero-order valence-electron chi connectivity index (χ0n) is 8.28. The second-order valence-electron chi connectivity index (χ2n) is 3.26. The summed E-state index contributed by atoms with van der Waals surface area (Å²) in [6.07, 6.45) is 1.28. The zero-order chi connectivity index (χ0) is 10.6. The number of hydrogen-bond donors (Lipinski definition) is 0. The Balaban J connectivity index is 2.62. The number of morpholine rings is 1. The Hall–Kier alpha value is 0.160. The van der Waals surface area contributed by atoms with Crippen molar-refractivity contribution in [2.45, 2.75) is 24.5 Å². The van der Waals surface area contributed by atoms with Crippen molar-refractivity contribution in [3.63, 3.8) is 0 Å². The topological polar surface area (TPSA) is 46.6 Å². The van der Waals surface area contributed by atoms with Crippen LogP contribution in [0.25, 0.3) is 0 Å². The predicted molar refractivity (Wildman–Crippen MR) is 55.9 cm³/mol. The quantitative estimate of drug-likeness (QED) is 0.691. The lowest BCUT2D eigenvalue weighted by Crippen LogP contribution is -2.43. The number of alkyl halides is 1. The van der Waals surface area contributed by atoms with Gasteiger partial charge in [-0.05, 0) is 6.42 Å². The molecule has 1 fully saturated rings. The Kier molecular flexibility index (Phi) is 4.63. The number of rotatable bonds is 4. The van der Waals surface area contributed by atoms with Gasteiger partial charge in [0.15, 0.2) is 0 Å². The maximum absolute atomic E-state index is 11.8. The standard InChI is InChI=1S/C8H16ClNO3S/c1-2-3-8(9)14(11,12)10-4-6-13-7-5-10/h8H,2-7H2,1H3. The lowest BCUT2D eigenvalue weighted by atomic mass is 10.4. The molecule has 0 spiro atoms. The first-order chi connectivity index (χ1) is 6.59. The summed E-state index contributed by atoms with van der Waals surface area (Å²) in [6.45, 7) is 3.71. The van der Waals surface area contributed by atoms with Crippen LogP contribution < -0.4 is 0 Å². The summed E-state index contributed by atoms with van der Waals surface area (Å²) in [7, 11) is -3.31. The second-order valence-corrected chi connectivity index (χ2v) is 6.16. The van der Waals surface area contributed by atoms with Gasteiger partial charge in [0.2, 0.25) is 10.0 Å². The van der Waals surface area contributed by atoms with Crippen molar-refractivity contribution in [1.29, 1.82) is 0 Å². The van der Waals surface area contributed by atoms with E-state index in [-0.39, 0.29) is 0 Å². The number of sulfonamides is 1. The number of ether oxygens (including phenoxy) is 1. The van der Waals surface area contributed by atoms with E-state index in [1.807, 2.05) is 6.92 Å². The van der Waals surface area contributed by atoms with Crippen molar-refractivity contribution in [2.75, 3.05) is 26.3 Å². The number of nitrogens with zero attached hydrogens (tertiary/aromatic N) is 1.